The summed E-state index contributed by atoms with van der Waals surface area (Å²) >= 11 is 1.35. The number of nitrogens with zero attached hydrogens (tertiary/aromatic N) is 1. The summed E-state index contributed by atoms with van der Waals surface area (Å²) in [5, 5.41) is 8.44. The minimum atomic E-state index is -2.97. The van der Waals surface area contributed by atoms with Gasteiger partial charge in [-0.05, 0) is 24.3 Å². The summed E-state index contributed by atoms with van der Waals surface area (Å²) in [6.07, 6.45) is 0. The first-order valence-corrected chi connectivity index (χ1v) is 8.59. The number of amidine groups is 1. The van der Waals surface area contributed by atoms with E-state index < -0.39 is 9.84 Å². The summed E-state index contributed by atoms with van der Waals surface area (Å²) in [6.45, 7) is 0. The number of hydrogen-bond acceptors (Lipinski definition) is 5. The number of anilines is 1. The van der Waals surface area contributed by atoms with Gasteiger partial charge in [0, 0.05) is 10.9 Å². The van der Waals surface area contributed by atoms with Gasteiger partial charge in [0.1, 0.15) is 5.75 Å². The smallest absolute Gasteiger partial charge is 0.161 e. The molecule has 0 bridgehead atoms. The van der Waals surface area contributed by atoms with Gasteiger partial charge in [0.05, 0.1) is 24.7 Å². The maximum atomic E-state index is 11.7. The molecule has 2 fully saturated rings. The molecule has 2 heterocycles. The maximum Gasteiger partial charge on any atom is 0.161 e. The molecule has 1 aromatic carbocycles. The van der Waals surface area contributed by atoms with Gasteiger partial charge in [-0.2, -0.15) is 0 Å². The molecule has 0 unspecified atom stereocenters. The fraction of sp³-hybridized carbons (Fsp3) is 0.417. The summed E-state index contributed by atoms with van der Waals surface area (Å²) < 4.78 is 28.5. The summed E-state index contributed by atoms with van der Waals surface area (Å²) in [5.74, 6) is 1.06. The van der Waals surface area contributed by atoms with Crippen LogP contribution in [-0.2, 0) is 9.84 Å². The van der Waals surface area contributed by atoms with Crippen LogP contribution in [0.3, 0.4) is 0 Å². The van der Waals surface area contributed by atoms with Gasteiger partial charge in [-0.3, -0.25) is 5.41 Å². The quantitative estimate of drug-likeness (QED) is 0.892. The van der Waals surface area contributed by atoms with E-state index >= 15 is 0 Å². The highest BCUT2D eigenvalue weighted by Crippen LogP contribution is 2.40. The topological polar surface area (TPSA) is 70.5 Å². The van der Waals surface area contributed by atoms with Crippen molar-refractivity contribution in [3.63, 3.8) is 0 Å². The Morgan fingerprint density at radius 2 is 2.00 bits per heavy atom. The van der Waals surface area contributed by atoms with E-state index in [1.807, 2.05) is 29.2 Å². The van der Waals surface area contributed by atoms with Crippen LogP contribution in [0.25, 0.3) is 0 Å². The Balaban J connectivity index is 1.92. The predicted octanol–water partition coefficient (Wildman–Crippen LogP) is 1.35. The van der Waals surface area contributed by atoms with Crippen molar-refractivity contribution in [2.75, 3.05) is 23.5 Å². The molecule has 3 rings (SSSR count). The first-order chi connectivity index (χ1) is 9.00. The Morgan fingerprint density at radius 3 is 2.63 bits per heavy atom. The average Bonchev–Trinajstić information content (AvgIpc) is 2.79. The molecule has 2 atom stereocenters. The first kappa shape index (κ1) is 12.8. The third kappa shape index (κ3) is 2.21. The van der Waals surface area contributed by atoms with Gasteiger partial charge >= 0.3 is 0 Å². The second-order valence-corrected chi connectivity index (χ2v) is 8.06. The fourth-order valence-corrected chi connectivity index (χ4v) is 6.35. The van der Waals surface area contributed by atoms with Crippen molar-refractivity contribution in [1.82, 2.24) is 0 Å². The van der Waals surface area contributed by atoms with E-state index in [1.165, 1.54) is 11.8 Å². The molecule has 0 radical (unpaired) electrons. The zero-order valence-electron chi connectivity index (χ0n) is 10.4. The van der Waals surface area contributed by atoms with Gasteiger partial charge in [0.2, 0.25) is 0 Å². The Hall–Kier alpha value is -1.21. The van der Waals surface area contributed by atoms with Crippen molar-refractivity contribution < 1.29 is 13.2 Å². The number of hydrogen-bond donors (Lipinski definition) is 1. The molecule has 5 nitrogen and oxygen atoms in total. The van der Waals surface area contributed by atoms with Crippen LogP contribution in [0.2, 0.25) is 0 Å². The van der Waals surface area contributed by atoms with Crippen molar-refractivity contribution in [3.05, 3.63) is 24.3 Å². The van der Waals surface area contributed by atoms with Crippen LogP contribution in [0.5, 0.6) is 5.75 Å². The zero-order valence-corrected chi connectivity index (χ0v) is 12.0. The molecule has 1 aromatic rings. The molecule has 2 aliphatic heterocycles. The van der Waals surface area contributed by atoms with Crippen LogP contribution in [0.1, 0.15) is 0 Å². The minimum Gasteiger partial charge on any atom is -0.497 e. The molecule has 2 saturated heterocycles. The minimum absolute atomic E-state index is 0.0143. The summed E-state index contributed by atoms with van der Waals surface area (Å²) in [7, 11) is -1.37. The molecular formula is C12H14N2O3S2. The van der Waals surface area contributed by atoms with E-state index in [0.29, 0.717) is 5.17 Å². The molecule has 0 saturated carbocycles. The number of fused-ring (bicyclic) bond motifs is 1. The van der Waals surface area contributed by atoms with E-state index in [4.69, 9.17) is 10.1 Å². The van der Waals surface area contributed by atoms with Crippen molar-refractivity contribution >= 4 is 32.5 Å². The van der Waals surface area contributed by atoms with Crippen molar-refractivity contribution in [2.45, 2.75) is 11.3 Å². The second kappa shape index (κ2) is 4.42. The SMILES string of the molecule is COc1ccc(N2C(=N)S[C@@H]3CS(=O)(=O)C[C@H]32)cc1. The van der Waals surface area contributed by atoms with Gasteiger partial charge < -0.3 is 9.64 Å². The van der Waals surface area contributed by atoms with Crippen molar-refractivity contribution in [3.8, 4) is 5.75 Å². The highest BCUT2D eigenvalue weighted by molar-refractivity contribution is 8.15. The Kier molecular flexibility index (Phi) is 2.98. The lowest BCUT2D eigenvalue weighted by Crippen LogP contribution is -2.37. The highest BCUT2D eigenvalue weighted by Gasteiger charge is 2.48. The Labute approximate surface area is 116 Å². The van der Waals surface area contributed by atoms with Crippen LogP contribution in [0.4, 0.5) is 5.69 Å². The standard InChI is InChI=1S/C12H14N2O3S2/c1-17-9-4-2-8(3-5-9)14-10-6-19(15,16)7-11(10)18-12(14)13/h2-5,10-11,13H,6-7H2,1H3/t10-,11-/m1/s1. The van der Waals surface area contributed by atoms with Gasteiger partial charge in [-0.25, -0.2) is 8.42 Å². The van der Waals surface area contributed by atoms with Crippen molar-refractivity contribution in [1.29, 1.82) is 5.41 Å². The van der Waals surface area contributed by atoms with Crippen LogP contribution in [0, 0.1) is 5.41 Å². The number of sulfone groups is 1. The van der Waals surface area contributed by atoms with E-state index in [1.54, 1.807) is 7.11 Å². The van der Waals surface area contributed by atoms with Crippen LogP contribution >= 0.6 is 11.8 Å². The molecule has 7 heteroatoms. The number of rotatable bonds is 2. The third-order valence-electron chi connectivity index (χ3n) is 3.44. The molecule has 19 heavy (non-hydrogen) atoms. The summed E-state index contributed by atoms with van der Waals surface area (Å²) in [4.78, 5) is 1.82. The summed E-state index contributed by atoms with van der Waals surface area (Å²) in [6, 6.07) is 7.26. The van der Waals surface area contributed by atoms with Gasteiger partial charge in [0.25, 0.3) is 0 Å². The number of thioether (sulfide) groups is 1. The van der Waals surface area contributed by atoms with E-state index in [2.05, 4.69) is 0 Å². The molecule has 0 spiro atoms. The van der Waals surface area contributed by atoms with Crippen LogP contribution in [-0.4, -0.2) is 43.5 Å². The molecule has 102 valence electrons. The average molecular weight is 298 g/mol. The second-order valence-electron chi connectivity index (χ2n) is 4.67. The lowest BCUT2D eigenvalue weighted by molar-refractivity contribution is 0.415. The largest absolute Gasteiger partial charge is 0.497 e. The number of ether oxygens (including phenoxy) is 1. The van der Waals surface area contributed by atoms with Crippen LogP contribution < -0.4 is 9.64 Å². The van der Waals surface area contributed by atoms with Crippen LogP contribution in [0.15, 0.2) is 24.3 Å². The number of nitrogens with one attached hydrogen (secondary N) is 1. The van der Waals surface area contributed by atoms with E-state index in [9.17, 15) is 8.42 Å². The predicted molar refractivity (Wildman–Crippen MR) is 77.0 cm³/mol. The lowest BCUT2D eigenvalue weighted by atomic mass is 10.2. The molecular weight excluding hydrogens is 284 g/mol. The highest BCUT2D eigenvalue weighted by atomic mass is 32.2. The number of benzene rings is 1. The first-order valence-electron chi connectivity index (χ1n) is 5.89. The third-order valence-corrected chi connectivity index (χ3v) is 6.57. The lowest BCUT2D eigenvalue weighted by Gasteiger charge is -2.23. The molecule has 0 aliphatic carbocycles. The Morgan fingerprint density at radius 1 is 1.32 bits per heavy atom. The Bertz CT molecular complexity index is 612. The van der Waals surface area contributed by atoms with E-state index in [-0.39, 0.29) is 22.8 Å². The monoisotopic (exact) mass is 298 g/mol. The maximum absolute atomic E-state index is 11.7. The number of methoxy groups -OCH3 is 1. The normalized spacial score (nSPS) is 28.5. The molecule has 2 aliphatic rings. The molecule has 0 aromatic heterocycles. The van der Waals surface area contributed by atoms with E-state index in [0.717, 1.165) is 11.4 Å². The zero-order chi connectivity index (χ0) is 13.6. The van der Waals surface area contributed by atoms with Gasteiger partial charge in [-0.15, -0.1) is 0 Å². The molecule has 1 N–H and O–H groups in total. The molecule has 0 amide bonds. The van der Waals surface area contributed by atoms with Gasteiger partial charge in [0.15, 0.2) is 15.0 Å². The fourth-order valence-electron chi connectivity index (χ4n) is 2.55. The van der Waals surface area contributed by atoms with Crippen molar-refractivity contribution in [2.24, 2.45) is 0 Å². The van der Waals surface area contributed by atoms with Gasteiger partial charge in [-0.1, -0.05) is 11.8 Å². The summed E-state index contributed by atoms with van der Waals surface area (Å²) in [5.41, 5.74) is 0.850.